The van der Waals surface area contributed by atoms with Gasteiger partial charge in [0.15, 0.2) is 0 Å². The predicted molar refractivity (Wildman–Crippen MR) is 70.7 cm³/mol. The van der Waals surface area contributed by atoms with Crippen molar-refractivity contribution in [2.75, 3.05) is 6.61 Å². The van der Waals surface area contributed by atoms with E-state index in [-0.39, 0.29) is 0 Å². The molecule has 18 heavy (non-hydrogen) atoms. The van der Waals surface area contributed by atoms with Crippen molar-refractivity contribution in [1.29, 1.82) is 0 Å². The van der Waals surface area contributed by atoms with Crippen LogP contribution in [0.1, 0.15) is 25.7 Å². The second-order valence-corrected chi connectivity index (χ2v) is 5.08. The fraction of sp³-hybridized carbons (Fsp3) is 0.400. The molecule has 1 fully saturated rings. The van der Waals surface area contributed by atoms with Crippen LogP contribution in [0.15, 0.2) is 36.5 Å². The zero-order valence-electron chi connectivity index (χ0n) is 10.3. The largest absolute Gasteiger partial charge is 0.489 e. The van der Waals surface area contributed by atoms with Crippen LogP contribution in [0.5, 0.6) is 5.75 Å². The maximum absolute atomic E-state index is 10.2. The SMILES string of the molecule is OC1(COc2cnc3ccccc3c2)CCCC1. The van der Waals surface area contributed by atoms with E-state index >= 15 is 0 Å². The number of aromatic nitrogens is 1. The Bertz CT molecular complexity index is 547. The predicted octanol–water partition coefficient (Wildman–Crippen LogP) is 2.92. The fourth-order valence-electron chi connectivity index (χ4n) is 2.52. The van der Waals surface area contributed by atoms with E-state index in [0.717, 1.165) is 42.3 Å². The quantitative estimate of drug-likeness (QED) is 0.901. The normalized spacial score (nSPS) is 18.1. The monoisotopic (exact) mass is 243 g/mol. The van der Waals surface area contributed by atoms with Crippen molar-refractivity contribution >= 4 is 10.9 Å². The first-order chi connectivity index (χ1) is 8.75. The Labute approximate surface area is 106 Å². The minimum absolute atomic E-state index is 0.368. The summed E-state index contributed by atoms with van der Waals surface area (Å²) in [7, 11) is 0. The third-order valence-corrected chi connectivity index (χ3v) is 3.61. The summed E-state index contributed by atoms with van der Waals surface area (Å²) in [5.74, 6) is 0.731. The van der Waals surface area contributed by atoms with E-state index in [0.29, 0.717) is 6.61 Å². The van der Waals surface area contributed by atoms with Gasteiger partial charge in [0.1, 0.15) is 12.4 Å². The van der Waals surface area contributed by atoms with Gasteiger partial charge in [-0.1, -0.05) is 31.0 Å². The van der Waals surface area contributed by atoms with Crippen molar-refractivity contribution in [2.45, 2.75) is 31.3 Å². The smallest absolute Gasteiger partial charge is 0.138 e. The number of rotatable bonds is 3. The lowest BCUT2D eigenvalue weighted by Crippen LogP contribution is -2.32. The molecule has 1 aromatic carbocycles. The van der Waals surface area contributed by atoms with E-state index in [9.17, 15) is 5.11 Å². The van der Waals surface area contributed by atoms with Gasteiger partial charge in [-0.05, 0) is 25.0 Å². The molecule has 3 heteroatoms. The lowest BCUT2D eigenvalue weighted by atomic mass is 10.0. The van der Waals surface area contributed by atoms with Crippen molar-refractivity contribution in [3.63, 3.8) is 0 Å². The van der Waals surface area contributed by atoms with Gasteiger partial charge in [-0.15, -0.1) is 0 Å². The number of pyridine rings is 1. The first kappa shape index (κ1) is 11.5. The molecule has 1 saturated carbocycles. The molecule has 0 saturated heterocycles. The van der Waals surface area contributed by atoms with Crippen LogP contribution in [0.3, 0.4) is 0 Å². The molecule has 0 aliphatic heterocycles. The molecule has 3 rings (SSSR count). The number of aliphatic hydroxyl groups is 1. The highest BCUT2D eigenvalue weighted by atomic mass is 16.5. The zero-order chi connectivity index (χ0) is 12.4. The van der Waals surface area contributed by atoms with Gasteiger partial charge in [0.25, 0.3) is 0 Å². The van der Waals surface area contributed by atoms with E-state index in [1.165, 1.54) is 0 Å². The molecule has 0 radical (unpaired) electrons. The van der Waals surface area contributed by atoms with Crippen LogP contribution < -0.4 is 4.74 Å². The summed E-state index contributed by atoms with van der Waals surface area (Å²) < 4.78 is 5.69. The van der Waals surface area contributed by atoms with E-state index in [4.69, 9.17) is 4.74 Å². The minimum atomic E-state index is -0.633. The molecule has 1 aliphatic carbocycles. The molecule has 0 bridgehead atoms. The zero-order valence-corrected chi connectivity index (χ0v) is 10.3. The minimum Gasteiger partial charge on any atom is -0.489 e. The average molecular weight is 243 g/mol. The Morgan fingerprint density at radius 1 is 1.22 bits per heavy atom. The highest BCUT2D eigenvalue weighted by molar-refractivity contribution is 5.79. The summed E-state index contributed by atoms with van der Waals surface area (Å²) in [5.41, 5.74) is 0.329. The van der Waals surface area contributed by atoms with Gasteiger partial charge in [0.2, 0.25) is 0 Å². The van der Waals surface area contributed by atoms with Crippen LogP contribution in [0.2, 0.25) is 0 Å². The Morgan fingerprint density at radius 3 is 2.83 bits per heavy atom. The third kappa shape index (κ3) is 2.31. The maximum atomic E-state index is 10.2. The summed E-state index contributed by atoms with van der Waals surface area (Å²) in [4.78, 5) is 4.34. The molecule has 1 aromatic heterocycles. The fourth-order valence-corrected chi connectivity index (χ4v) is 2.52. The molecule has 3 nitrogen and oxygen atoms in total. The van der Waals surface area contributed by atoms with Crippen molar-refractivity contribution < 1.29 is 9.84 Å². The van der Waals surface area contributed by atoms with Gasteiger partial charge >= 0.3 is 0 Å². The van der Waals surface area contributed by atoms with E-state index in [2.05, 4.69) is 4.98 Å². The van der Waals surface area contributed by atoms with Crippen molar-refractivity contribution in [2.24, 2.45) is 0 Å². The third-order valence-electron chi connectivity index (χ3n) is 3.61. The van der Waals surface area contributed by atoms with Gasteiger partial charge in [-0.3, -0.25) is 4.98 Å². The number of hydrogen-bond donors (Lipinski definition) is 1. The Hall–Kier alpha value is -1.61. The van der Waals surface area contributed by atoms with Crippen LogP contribution in [0.25, 0.3) is 10.9 Å². The maximum Gasteiger partial charge on any atom is 0.138 e. The van der Waals surface area contributed by atoms with Crippen LogP contribution >= 0.6 is 0 Å². The summed E-state index contributed by atoms with van der Waals surface area (Å²) in [6.45, 7) is 0.368. The van der Waals surface area contributed by atoms with Crippen LogP contribution in [0.4, 0.5) is 0 Å². The standard InChI is InChI=1S/C15H17NO2/c17-15(7-3-4-8-15)11-18-13-9-12-5-1-2-6-14(12)16-10-13/h1-2,5-6,9-10,17H,3-4,7-8,11H2. The van der Waals surface area contributed by atoms with Gasteiger partial charge in [0.05, 0.1) is 17.3 Å². The Balaban J connectivity index is 1.74. The van der Waals surface area contributed by atoms with Crippen LogP contribution in [-0.2, 0) is 0 Å². The summed E-state index contributed by atoms with van der Waals surface area (Å²) in [5, 5.41) is 11.3. The molecule has 2 aromatic rings. The molecule has 0 atom stereocenters. The molecule has 0 unspecified atom stereocenters. The Kier molecular flexibility index (Phi) is 2.92. The van der Waals surface area contributed by atoms with E-state index < -0.39 is 5.60 Å². The molecule has 0 spiro atoms. The highest BCUT2D eigenvalue weighted by Crippen LogP contribution is 2.30. The molecule has 0 amide bonds. The molecular formula is C15H17NO2. The van der Waals surface area contributed by atoms with Crippen molar-refractivity contribution in [1.82, 2.24) is 4.98 Å². The van der Waals surface area contributed by atoms with Gasteiger partial charge in [0, 0.05) is 5.39 Å². The van der Waals surface area contributed by atoms with Gasteiger partial charge < -0.3 is 9.84 Å². The van der Waals surface area contributed by atoms with E-state index in [1.54, 1.807) is 6.20 Å². The number of benzene rings is 1. The van der Waals surface area contributed by atoms with Crippen molar-refractivity contribution in [3.05, 3.63) is 36.5 Å². The number of nitrogens with zero attached hydrogens (tertiary/aromatic N) is 1. The number of hydrogen-bond acceptors (Lipinski definition) is 3. The van der Waals surface area contributed by atoms with Crippen LogP contribution in [0, 0.1) is 0 Å². The second kappa shape index (κ2) is 4.58. The van der Waals surface area contributed by atoms with Crippen molar-refractivity contribution in [3.8, 4) is 5.75 Å². The molecular weight excluding hydrogens is 226 g/mol. The second-order valence-electron chi connectivity index (χ2n) is 5.08. The summed E-state index contributed by atoms with van der Waals surface area (Å²) >= 11 is 0. The number of para-hydroxylation sites is 1. The van der Waals surface area contributed by atoms with Gasteiger partial charge in [-0.25, -0.2) is 0 Å². The average Bonchev–Trinajstić information content (AvgIpc) is 2.84. The van der Waals surface area contributed by atoms with Gasteiger partial charge in [-0.2, -0.15) is 0 Å². The molecule has 94 valence electrons. The number of fused-ring (bicyclic) bond motifs is 1. The first-order valence-electron chi connectivity index (χ1n) is 6.45. The summed E-state index contributed by atoms with van der Waals surface area (Å²) in [6.07, 6.45) is 5.59. The first-order valence-corrected chi connectivity index (χ1v) is 6.45. The molecule has 1 N–H and O–H groups in total. The Morgan fingerprint density at radius 2 is 2.00 bits per heavy atom. The topological polar surface area (TPSA) is 42.4 Å². The summed E-state index contributed by atoms with van der Waals surface area (Å²) in [6, 6.07) is 9.92. The number of ether oxygens (including phenoxy) is 1. The van der Waals surface area contributed by atoms with Crippen LogP contribution in [-0.4, -0.2) is 22.3 Å². The lowest BCUT2D eigenvalue weighted by molar-refractivity contribution is 0.00136. The van der Waals surface area contributed by atoms with E-state index in [1.807, 2.05) is 30.3 Å². The molecule has 1 aliphatic rings. The highest BCUT2D eigenvalue weighted by Gasteiger charge is 2.31. The lowest BCUT2D eigenvalue weighted by Gasteiger charge is -2.22. The molecule has 1 heterocycles.